The lowest BCUT2D eigenvalue weighted by molar-refractivity contribution is -0.122. The van der Waals surface area contributed by atoms with Gasteiger partial charge in [0.15, 0.2) is 5.11 Å². The predicted molar refractivity (Wildman–Crippen MR) is 98.0 cm³/mol. The van der Waals surface area contributed by atoms with Crippen molar-refractivity contribution in [2.24, 2.45) is 0 Å². The fourth-order valence-corrected chi connectivity index (χ4v) is 3.49. The SMILES string of the molecule is CCN1C(=O)/C(=C2/C=Cc3cc(C)ccc3N2CC)N(C)C1=S. The maximum absolute atomic E-state index is 12.8. The Morgan fingerprint density at radius 3 is 2.39 bits per heavy atom. The first kappa shape index (κ1) is 15.7. The highest BCUT2D eigenvalue weighted by Crippen LogP contribution is 2.35. The Hall–Kier alpha value is -2.14. The second-order valence-electron chi connectivity index (χ2n) is 5.76. The molecular formula is C18H21N3OS. The number of hydrogen-bond acceptors (Lipinski definition) is 3. The van der Waals surface area contributed by atoms with Crippen molar-refractivity contribution in [1.82, 2.24) is 9.80 Å². The van der Waals surface area contributed by atoms with E-state index < -0.39 is 0 Å². The molecule has 0 bridgehead atoms. The number of benzene rings is 1. The first-order valence-corrected chi connectivity index (χ1v) is 8.30. The summed E-state index contributed by atoms with van der Waals surface area (Å²) < 4.78 is 0. The molecule has 1 saturated heterocycles. The van der Waals surface area contributed by atoms with E-state index in [0.29, 0.717) is 17.4 Å². The number of hydrogen-bond donors (Lipinski definition) is 0. The summed E-state index contributed by atoms with van der Waals surface area (Å²) in [5.74, 6) is -0.0198. The molecule has 0 aliphatic carbocycles. The molecule has 1 fully saturated rings. The van der Waals surface area contributed by atoms with Gasteiger partial charge in [-0.25, -0.2) is 0 Å². The summed E-state index contributed by atoms with van der Waals surface area (Å²) in [6.07, 6.45) is 4.10. The lowest BCUT2D eigenvalue weighted by Gasteiger charge is -2.31. The Balaban J connectivity index is 2.16. The third-order valence-corrected chi connectivity index (χ3v) is 4.86. The van der Waals surface area contributed by atoms with E-state index in [-0.39, 0.29) is 5.91 Å². The number of thiocarbonyl (C=S) groups is 1. The molecule has 1 aromatic rings. The molecule has 2 aliphatic rings. The number of aryl methyl sites for hydroxylation is 1. The molecule has 2 heterocycles. The minimum Gasteiger partial charge on any atom is -0.339 e. The van der Waals surface area contributed by atoms with Crippen LogP contribution in [0.2, 0.25) is 0 Å². The number of rotatable bonds is 2. The normalized spacial score (nSPS) is 20.6. The molecule has 0 saturated carbocycles. The Morgan fingerprint density at radius 1 is 1.09 bits per heavy atom. The molecular weight excluding hydrogens is 306 g/mol. The summed E-state index contributed by atoms with van der Waals surface area (Å²) in [7, 11) is 1.87. The van der Waals surface area contributed by atoms with Gasteiger partial charge in [-0.1, -0.05) is 17.7 Å². The van der Waals surface area contributed by atoms with Crippen LogP contribution in [0, 0.1) is 6.92 Å². The molecule has 0 N–H and O–H groups in total. The van der Waals surface area contributed by atoms with Crippen LogP contribution in [0.4, 0.5) is 5.69 Å². The van der Waals surface area contributed by atoms with Crippen molar-refractivity contribution in [1.29, 1.82) is 0 Å². The lowest BCUT2D eigenvalue weighted by atomic mass is 10.0. The van der Waals surface area contributed by atoms with Gasteiger partial charge >= 0.3 is 0 Å². The molecule has 0 radical (unpaired) electrons. The summed E-state index contributed by atoms with van der Waals surface area (Å²) in [5, 5.41) is 0.569. The fraction of sp³-hybridized carbons (Fsp3) is 0.333. The highest BCUT2D eigenvalue weighted by molar-refractivity contribution is 7.80. The van der Waals surface area contributed by atoms with Gasteiger partial charge in [0, 0.05) is 25.8 Å². The van der Waals surface area contributed by atoms with Crippen LogP contribution in [-0.2, 0) is 4.79 Å². The Kier molecular flexibility index (Phi) is 3.98. The van der Waals surface area contributed by atoms with E-state index in [1.807, 2.05) is 24.9 Å². The molecule has 120 valence electrons. The van der Waals surface area contributed by atoms with Crippen molar-refractivity contribution in [2.75, 3.05) is 25.0 Å². The monoisotopic (exact) mass is 327 g/mol. The third-order valence-electron chi connectivity index (χ3n) is 4.36. The molecule has 3 rings (SSSR count). The fourth-order valence-electron chi connectivity index (χ4n) is 3.18. The number of nitrogens with zero attached hydrogens (tertiary/aromatic N) is 3. The molecule has 23 heavy (non-hydrogen) atoms. The number of fused-ring (bicyclic) bond motifs is 1. The highest BCUT2D eigenvalue weighted by Gasteiger charge is 2.38. The number of amides is 1. The maximum atomic E-state index is 12.8. The van der Waals surface area contributed by atoms with E-state index in [2.05, 4.69) is 43.0 Å². The van der Waals surface area contributed by atoms with Crippen LogP contribution >= 0.6 is 12.2 Å². The summed E-state index contributed by atoms with van der Waals surface area (Å²) in [5.41, 5.74) is 5.10. The maximum Gasteiger partial charge on any atom is 0.278 e. The van der Waals surface area contributed by atoms with Crippen molar-refractivity contribution in [2.45, 2.75) is 20.8 Å². The van der Waals surface area contributed by atoms with Gasteiger partial charge in [-0.15, -0.1) is 0 Å². The number of allylic oxidation sites excluding steroid dienone is 1. The van der Waals surface area contributed by atoms with Gasteiger partial charge in [-0.05, 0) is 56.8 Å². The van der Waals surface area contributed by atoms with Gasteiger partial charge in [0.05, 0.1) is 5.70 Å². The molecule has 1 amide bonds. The molecule has 4 nitrogen and oxygen atoms in total. The standard InChI is InChI=1S/C18H21N3OS/c1-5-20-14-9-7-12(3)11-13(14)8-10-15(20)16-17(22)21(6-2)18(23)19(16)4/h7-11H,5-6H2,1-4H3/b16-15+. The average Bonchev–Trinajstić information content (AvgIpc) is 2.75. The number of anilines is 1. The Morgan fingerprint density at radius 2 is 1.78 bits per heavy atom. The molecule has 0 aromatic heterocycles. The van der Waals surface area contributed by atoms with E-state index in [0.717, 1.165) is 17.9 Å². The number of carbonyl (C=O) groups excluding carboxylic acids is 1. The second kappa shape index (κ2) is 5.81. The molecule has 0 unspecified atom stereocenters. The van der Waals surface area contributed by atoms with Crippen LogP contribution in [0.15, 0.2) is 35.7 Å². The van der Waals surface area contributed by atoms with Gasteiger partial charge in [-0.2, -0.15) is 0 Å². The zero-order valence-electron chi connectivity index (χ0n) is 14.0. The molecule has 2 aliphatic heterocycles. The summed E-state index contributed by atoms with van der Waals surface area (Å²) in [6, 6.07) is 6.39. The zero-order chi connectivity index (χ0) is 16.7. The summed E-state index contributed by atoms with van der Waals surface area (Å²) in [6.45, 7) is 7.50. The first-order chi connectivity index (χ1) is 11.0. The average molecular weight is 327 g/mol. The lowest BCUT2D eigenvalue weighted by Crippen LogP contribution is -2.30. The van der Waals surface area contributed by atoms with Crippen molar-refractivity contribution < 1.29 is 4.79 Å². The quantitative estimate of drug-likeness (QED) is 0.616. The van der Waals surface area contributed by atoms with Crippen LogP contribution in [0.25, 0.3) is 6.08 Å². The first-order valence-electron chi connectivity index (χ1n) is 7.89. The Labute approximate surface area is 142 Å². The molecule has 5 heteroatoms. The van der Waals surface area contributed by atoms with Gasteiger partial charge in [-0.3, -0.25) is 9.69 Å². The van der Waals surface area contributed by atoms with Crippen molar-refractivity contribution in [3.05, 3.63) is 46.8 Å². The van der Waals surface area contributed by atoms with Crippen molar-refractivity contribution in [3.63, 3.8) is 0 Å². The van der Waals surface area contributed by atoms with Crippen molar-refractivity contribution in [3.8, 4) is 0 Å². The smallest absolute Gasteiger partial charge is 0.278 e. The van der Waals surface area contributed by atoms with E-state index in [1.54, 1.807) is 4.90 Å². The van der Waals surface area contributed by atoms with Crippen molar-refractivity contribution >= 4 is 35.0 Å². The molecule has 0 spiro atoms. The minimum absolute atomic E-state index is 0.0198. The highest BCUT2D eigenvalue weighted by atomic mass is 32.1. The van der Waals surface area contributed by atoms with Crippen LogP contribution in [0.5, 0.6) is 0 Å². The molecule has 1 aromatic carbocycles. The van der Waals surface area contributed by atoms with E-state index in [9.17, 15) is 4.79 Å². The van der Waals surface area contributed by atoms with Crippen LogP contribution in [0.1, 0.15) is 25.0 Å². The van der Waals surface area contributed by atoms with Crippen LogP contribution in [-0.4, -0.2) is 41.0 Å². The topological polar surface area (TPSA) is 26.8 Å². The third kappa shape index (κ3) is 2.36. The summed E-state index contributed by atoms with van der Waals surface area (Å²) in [4.78, 5) is 18.4. The number of carbonyl (C=O) groups is 1. The minimum atomic E-state index is -0.0198. The van der Waals surface area contributed by atoms with Gasteiger partial charge in [0.1, 0.15) is 5.70 Å². The van der Waals surface area contributed by atoms with E-state index in [4.69, 9.17) is 12.2 Å². The summed E-state index contributed by atoms with van der Waals surface area (Å²) >= 11 is 5.41. The van der Waals surface area contributed by atoms with Gasteiger partial charge in [0.2, 0.25) is 0 Å². The van der Waals surface area contributed by atoms with Crippen LogP contribution in [0.3, 0.4) is 0 Å². The second-order valence-corrected chi connectivity index (χ2v) is 6.13. The molecule has 0 atom stereocenters. The largest absolute Gasteiger partial charge is 0.339 e. The van der Waals surface area contributed by atoms with Gasteiger partial charge in [0.25, 0.3) is 5.91 Å². The zero-order valence-corrected chi connectivity index (χ0v) is 14.8. The van der Waals surface area contributed by atoms with E-state index in [1.165, 1.54) is 11.1 Å². The Bertz CT molecular complexity index is 751. The van der Waals surface area contributed by atoms with Gasteiger partial charge < -0.3 is 9.80 Å². The van der Waals surface area contributed by atoms with Crippen LogP contribution < -0.4 is 4.90 Å². The predicted octanol–water partition coefficient (Wildman–Crippen LogP) is 3.14. The van der Waals surface area contributed by atoms with E-state index >= 15 is 0 Å². The number of likely N-dealkylation sites (N-methyl/N-ethyl adjacent to an activating group) is 3.